The molecule has 0 atom stereocenters. The van der Waals surface area contributed by atoms with E-state index in [1.54, 1.807) is 11.6 Å². The van der Waals surface area contributed by atoms with Crippen LogP contribution in [0.3, 0.4) is 0 Å². The van der Waals surface area contributed by atoms with Gasteiger partial charge in [0.1, 0.15) is 0 Å². The molecule has 3 N–H and O–H groups in total. The van der Waals surface area contributed by atoms with Gasteiger partial charge >= 0.3 is 0 Å². The van der Waals surface area contributed by atoms with Crippen LogP contribution in [0.2, 0.25) is 0 Å². The Balaban J connectivity index is 1.46. The number of nitrogens with zero attached hydrogens (tertiary/aromatic N) is 1. The molecule has 1 amide bonds. The third-order valence-electron chi connectivity index (χ3n) is 4.48. The number of aliphatic imine (C=N–C) groups is 1. The van der Waals surface area contributed by atoms with E-state index in [1.807, 2.05) is 24.3 Å². The summed E-state index contributed by atoms with van der Waals surface area (Å²) >= 11 is 0. The number of allylic oxidation sites excluding steroid dienone is 5. The van der Waals surface area contributed by atoms with Crippen molar-refractivity contribution in [2.24, 2.45) is 4.99 Å². The predicted molar refractivity (Wildman–Crippen MR) is 104 cm³/mol. The van der Waals surface area contributed by atoms with E-state index in [0.29, 0.717) is 0 Å². The third-order valence-corrected chi connectivity index (χ3v) is 4.48. The number of hydrogen-bond donors (Lipinski definition) is 3. The topological polar surface area (TPSA) is 73.7 Å². The minimum Gasteiger partial charge on any atom is -0.312 e. The number of benzene rings is 1. The molecule has 0 fully saturated rings. The van der Waals surface area contributed by atoms with Crippen LogP contribution in [0.25, 0.3) is 6.08 Å². The molecule has 0 spiro atoms. The summed E-state index contributed by atoms with van der Waals surface area (Å²) in [6.07, 6.45) is 11.3. The molecule has 134 valence electrons. The zero-order chi connectivity index (χ0) is 18.4. The number of rotatable bonds is 7. The summed E-state index contributed by atoms with van der Waals surface area (Å²) in [5.74, 6) is -0.539. The number of carbonyl (C=O) groups is 1. The first-order chi connectivity index (χ1) is 12.7. The minimum atomic E-state index is -0.539. The molecule has 0 saturated carbocycles. The summed E-state index contributed by atoms with van der Waals surface area (Å²) in [5.41, 5.74) is 8.64. The van der Waals surface area contributed by atoms with Crippen molar-refractivity contribution in [2.75, 3.05) is 6.54 Å². The Morgan fingerprint density at radius 2 is 2.12 bits per heavy atom. The molecule has 2 aliphatic rings. The van der Waals surface area contributed by atoms with E-state index in [9.17, 15) is 4.79 Å². The van der Waals surface area contributed by atoms with Gasteiger partial charge in [-0.05, 0) is 42.7 Å². The van der Waals surface area contributed by atoms with Crippen LogP contribution in [0.1, 0.15) is 30.9 Å². The Bertz CT molecular complexity index is 827. The first-order valence-corrected chi connectivity index (χ1v) is 8.74. The standard InChI is InChI=1S/C21H23N3O2/c1-15-18(19-4-2-3-5-20(19)23-15)12-13-22-14-17-8-6-16(7-9-17)10-11-21(25)24-26/h2-4,6-11,22,26H,5,12-14H2,1H3,(H,24,25). The van der Waals surface area contributed by atoms with E-state index in [2.05, 4.69) is 35.5 Å². The molecule has 0 saturated heterocycles. The van der Waals surface area contributed by atoms with Gasteiger partial charge in [0.25, 0.3) is 5.91 Å². The Hall–Kier alpha value is -2.76. The van der Waals surface area contributed by atoms with Crippen LogP contribution in [-0.4, -0.2) is 23.4 Å². The first kappa shape index (κ1) is 18.0. The lowest BCUT2D eigenvalue weighted by Gasteiger charge is -2.11. The number of carbonyl (C=O) groups excluding carboxylic acids is 1. The summed E-state index contributed by atoms with van der Waals surface area (Å²) in [5, 5.41) is 11.9. The number of hydrogen-bond acceptors (Lipinski definition) is 4. The van der Waals surface area contributed by atoms with Crippen LogP contribution < -0.4 is 10.8 Å². The number of nitrogens with one attached hydrogen (secondary N) is 2. The molecule has 5 nitrogen and oxygen atoms in total. The normalized spacial score (nSPS) is 15.9. The zero-order valence-corrected chi connectivity index (χ0v) is 14.8. The molecule has 0 bridgehead atoms. The highest BCUT2D eigenvalue weighted by Gasteiger charge is 2.21. The van der Waals surface area contributed by atoms with Crippen molar-refractivity contribution in [3.8, 4) is 0 Å². The van der Waals surface area contributed by atoms with Gasteiger partial charge in [-0.1, -0.05) is 42.5 Å². The Kier molecular flexibility index (Phi) is 5.94. The maximum Gasteiger partial charge on any atom is 0.267 e. The quantitative estimate of drug-likeness (QED) is 0.306. The Morgan fingerprint density at radius 1 is 1.31 bits per heavy atom. The van der Waals surface area contributed by atoms with Gasteiger partial charge in [0, 0.05) is 30.3 Å². The average Bonchev–Trinajstić information content (AvgIpc) is 2.99. The number of hydroxylamine groups is 1. The molecule has 0 unspecified atom stereocenters. The fourth-order valence-corrected chi connectivity index (χ4v) is 3.11. The minimum absolute atomic E-state index is 0.539. The van der Waals surface area contributed by atoms with Crippen LogP contribution >= 0.6 is 0 Å². The molecule has 1 aliphatic heterocycles. The highest BCUT2D eigenvalue weighted by Crippen LogP contribution is 2.30. The van der Waals surface area contributed by atoms with E-state index in [4.69, 9.17) is 5.21 Å². The second-order valence-corrected chi connectivity index (χ2v) is 6.31. The van der Waals surface area contributed by atoms with Crippen LogP contribution in [0.5, 0.6) is 0 Å². The summed E-state index contributed by atoms with van der Waals surface area (Å²) in [6.45, 7) is 3.78. The van der Waals surface area contributed by atoms with Gasteiger partial charge in [0.2, 0.25) is 0 Å². The van der Waals surface area contributed by atoms with Gasteiger partial charge in [-0.15, -0.1) is 0 Å². The van der Waals surface area contributed by atoms with Crippen molar-refractivity contribution in [3.05, 3.63) is 76.5 Å². The molecular formula is C21H23N3O2. The maximum atomic E-state index is 11.0. The van der Waals surface area contributed by atoms with Crippen molar-refractivity contribution in [3.63, 3.8) is 0 Å². The highest BCUT2D eigenvalue weighted by molar-refractivity contribution is 6.08. The molecule has 1 aromatic carbocycles. The van der Waals surface area contributed by atoms with Crippen molar-refractivity contribution < 1.29 is 10.0 Å². The van der Waals surface area contributed by atoms with E-state index < -0.39 is 5.91 Å². The summed E-state index contributed by atoms with van der Waals surface area (Å²) in [7, 11) is 0. The van der Waals surface area contributed by atoms with E-state index in [0.717, 1.165) is 37.2 Å². The lowest BCUT2D eigenvalue weighted by molar-refractivity contribution is -0.124. The van der Waals surface area contributed by atoms with E-state index >= 15 is 0 Å². The second kappa shape index (κ2) is 8.56. The monoisotopic (exact) mass is 349 g/mol. The molecule has 3 rings (SSSR count). The molecule has 1 aromatic rings. The third kappa shape index (κ3) is 4.45. The van der Waals surface area contributed by atoms with Gasteiger partial charge < -0.3 is 5.32 Å². The lowest BCUT2D eigenvalue weighted by Crippen LogP contribution is -2.16. The van der Waals surface area contributed by atoms with Gasteiger partial charge in [-0.2, -0.15) is 0 Å². The van der Waals surface area contributed by atoms with E-state index in [-0.39, 0.29) is 0 Å². The van der Waals surface area contributed by atoms with Crippen LogP contribution in [0.15, 0.2) is 70.4 Å². The maximum absolute atomic E-state index is 11.0. The predicted octanol–water partition coefficient (Wildman–Crippen LogP) is 3.30. The van der Waals surface area contributed by atoms with Crippen molar-refractivity contribution in [1.82, 2.24) is 10.8 Å². The lowest BCUT2D eigenvalue weighted by atomic mass is 9.95. The van der Waals surface area contributed by atoms with Crippen LogP contribution in [0.4, 0.5) is 0 Å². The smallest absolute Gasteiger partial charge is 0.267 e. The van der Waals surface area contributed by atoms with E-state index in [1.165, 1.54) is 28.5 Å². The molecular weight excluding hydrogens is 326 g/mol. The van der Waals surface area contributed by atoms with Crippen molar-refractivity contribution >= 4 is 17.7 Å². The van der Waals surface area contributed by atoms with Gasteiger partial charge in [-0.3, -0.25) is 15.0 Å². The summed E-state index contributed by atoms with van der Waals surface area (Å²) < 4.78 is 0. The molecule has 1 aliphatic carbocycles. The molecule has 0 aromatic heterocycles. The Labute approximate surface area is 153 Å². The summed E-state index contributed by atoms with van der Waals surface area (Å²) in [6, 6.07) is 7.95. The largest absolute Gasteiger partial charge is 0.312 e. The summed E-state index contributed by atoms with van der Waals surface area (Å²) in [4.78, 5) is 15.6. The average molecular weight is 349 g/mol. The SMILES string of the molecule is CC1=C(CCNCc2ccc(C=CC(=O)NO)cc2)C2=CC=CCC2=N1. The molecule has 0 radical (unpaired) electrons. The molecule has 26 heavy (non-hydrogen) atoms. The highest BCUT2D eigenvalue weighted by atomic mass is 16.5. The molecule has 5 heteroatoms. The molecule has 1 heterocycles. The van der Waals surface area contributed by atoms with Gasteiger partial charge in [0.05, 0.1) is 5.71 Å². The first-order valence-electron chi connectivity index (χ1n) is 8.74. The fourth-order valence-electron chi connectivity index (χ4n) is 3.11. The van der Waals surface area contributed by atoms with Crippen LogP contribution in [-0.2, 0) is 11.3 Å². The zero-order valence-electron chi connectivity index (χ0n) is 14.8. The number of amides is 1. The Morgan fingerprint density at radius 3 is 2.88 bits per heavy atom. The van der Waals surface area contributed by atoms with Gasteiger partial charge in [-0.25, -0.2) is 5.48 Å². The van der Waals surface area contributed by atoms with Crippen LogP contribution in [0, 0.1) is 0 Å². The fraction of sp³-hybridized carbons (Fsp3) is 0.238. The van der Waals surface area contributed by atoms with Crippen molar-refractivity contribution in [1.29, 1.82) is 0 Å². The van der Waals surface area contributed by atoms with Crippen molar-refractivity contribution in [2.45, 2.75) is 26.3 Å². The van der Waals surface area contributed by atoms with Gasteiger partial charge in [0.15, 0.2) is 0 Å². The second-order valence-electron chi connectivity index (χ2n) is 6.31. The number of fused-ring (bicyclic) bond motifs is 1.